The molecule has 6 nitrogen and oxygen atoms in total. The molecule has 0 bridgehead atoms. The molecule has 0 aromatic carbocycles. The highest BCUT2D eigenvalue weighted by Crippen LogP contribution is 2.32. The van der Waals surface area contributed by atoms with E-state index in [1.807, 2.05) is 20.0 Å². The molecule has 17 heavy (non-hydrogen) atoms. The van der Waals surface area contributed by atoms with Crippen LogP contribution in [0.1, 0.15) is 11.5 Å². The van der Waals surface area contributed by atoms with E-state index < -0.39 is 0 Å². The average molecular weight is 236 g/mol. The summed E-state index contributed by atoms with van der Waals surface area (Å²) >= 11 is 0. The maximum atomic E-state index is 5.47. The second-order valence-electron chi connectivity index (χ2n) is 3.81. The van der Waals surface area contributed by atoms with E-state index in [2.05, 4.69) is 10.3 Å². The molecule has 92 valence electrons. The fourth-order valence-corrected chi connectivity index (χ4v) is 1.86. The Bertz CT molecular complexity index is 516. The van der Waals surface area contributed by atoms with Crippen LogP contribution in [-0.2, 0) is 13.5 Å². The molecule has 0 saturated heterocycles. The van der Waals surface area contributed by atoms with E-state index in [1.165, 1.54) is 0 Å². The van der Waals surface area contributed by atoms with Crippen molar-refractivity contribution in [2.24, 2.45) is 12.8 Å². The first-order valence-corrected chi connectivity index (χ1v) is 5.41. The lowest BCUT2D eigenvalue weighted by Crippen LogP contribution is -2.01. The van der Waals surface area contributed by atoms with Crippen molar-refractivity contribution in [3.05, 3.63) is 17.5 Å². The van der Waals surface area contributed by atoms with Crippen molar-refractivity contribution in [2.45, 2.75) is 13.3 Å². The van der Waals surface area contributed by atoms with Gasteiger partial charge < -0.3 is 15.0 Å². The molecular weight excluding hydrogens is 220 g/mol. The molecule has 0 radical (unpaired) electrons. The van der Waals surface area contributed by atoms with Gasteiger partial charge in [-0.3, -0.25) is 0 Å². The highest BCUT2D eigenvalue weighted by Gasteiger charge is 2.19. The van der Waals surface area contributed by atoms with Crippen molar-refractivity contribution in [2.75, 3.05) is 13.7 Å². The molecule has 0 saturated carbocycles. The zero-order valence-corrected chi connectivity index (χ0v) is 10.2. The monoisotopic (exact) mass is 236 g/mol. The Balaban J connectivity index is 2.44. The predicted molar refractivity (Wildman–Crippen MR) is 62.8 cm³/mol. The van der Waals surface area contributed by atoms with E-state index in [0.717, 1.165) is 22.7 Å². The second-order valence-corrected chi connectivity index (χ2v) is 3.81. The minimum Gasteiger partial charge on any atom is -0.481 e. The normalized spacial score (nSPS) is 10.8. The van der Waals surface area contributed by atoms with Crippen LogP contribution < -0.4 is 10.5 Å². The van der Waals surface area contributed by atoms with Crippen LogP contribution in [-0.4, -0.2) is 28.6 Å². The number of nitrogens with zero attached hydrogens (tertiary/aromatic N) is 3. The van der Waals surface area contributed by atoms with Gasteiger partial charge >= 0.3 is 0 Å². The summed E-state index contributed by atoms with van der Waals surface area (Å²) in [5.41, 5.74) is 7.92. The zero-order chi connectivity index (χ0) is 12.4. The molecule has 2 rings (SSSR count). The summed E-state index contributed by atoms with van der Waals surface area (Å²) in [5, 5.41) is 8.32. The van der Waals surface area contributed by atoms with Gasteiger partial charge in [0.1, 0.15) is 11.5 Å². The quantitative estimate of drug-likeness (QED) is 0.853. The number of ether oxygens (including phenoxy) is 1. The third kappa shape index (κ3) is 2.03. The van der Waals surface area contributed by atoms with E-state index in [0.29, 0.717) is 18.8 Å². The van der Waals surface area contributed by atoms with Crippen LogP contribution in [0, 0.1) is 6.92 Å². The van der Waals surface area contributed by atoms with Crippen molar-refractivity contribution in [3.8, 4) is 17.1 Å². The predicted octanol–water partition coefficient (Wildman–Crippen LogP) is 0.893. The lowest BCUT2D eigenvalue weighted by atomic mass is 10.1. The van der Waals surface area contributed by atoms with Crippen molar-refractivity contribution >= 4 is 0 Å². The SMILES string of the molecule is COc1c(-c2cc(CCN)on2)c(C)nn1C. The Morgan fingerprint density at radius 3 is 2.94 bits per heavy atom. The summed E-state index contributed by atoms with van der Waals surface area (Å²) in [6.45, 7) is 2.45. The number of methoxy groups -OCH3 is 1. The lowest BCUT2D eigenvalue weighted by Gasteiger charge is -2.01. The molecule has 2 heterocycles. The van der Waals surface area contributed by atoms with Crippen LogP contribution in [0.5, 0.6) is 5.88 Å². The third-order valence-corrected chi connectivity index (χ3v) is 2.57. The standard InChI is InChI=1S/C11H16N4O2/c1-7-10(11(16-3)15(2)13-7)9-6-8(4-5-12)17-14-9/h6H,4-5,12H2,1-3H3. The molecular formula is C11H16N4O2. The Kier molecular flexibility index (Phi) is 3.14. The molecule has 0 unspecified atom stereocenters. The zero-order valence-electron chi connectivity index (χ0n) is 10.2. The van der Waals surface area contributed by atoms with Crippen LogP contribution in [0.2, 0.25) is 0 Å². The van der Waals surface area contributed by atoms with Crippen molar-refractivity contribution in [3.63, 3.8) is 0 Å². The van der Waals surface area contributed by atoms with Gasteiger partial charge in [0.15, 0.2) is 0 Å². The van der Waals surface area contributed by atoms with Crippen LogP contribution in [0.25, 0.3) is 11.3 Å². The first-order chi connectivity index (χ1) is 8.17. The Morgan fingerprint density at radius 2 is 2.29 bits per heavy atom. The molecule has 0 aliphatic carbocycles. The number of aryl methyl sites for hydroxylation is 2. The first-order valence-electron chi connectivity index (χ1n) is 5.41. The number of hydrogen-bond acceptors (Lipinski definition) is 5. The Labute approximate surface area is 99.3 Å². The van der Waals surface area contributed by atoms with Crippen LogP contribution in [0.15, 0.2) is 10.6 Å². The highest BCUT2D eigenvalue weighted by molar-refractivity contribution is 5.67. The Morgan fingerprint density at radius 1 is 1.53 bits per heavy atom. The van der Waals surface area contributed by atoms with Gasteiger partial charge in [-0.2, -0.15) is 5.10 Å². The summed E-state index contributed by atoms with van der Waals surface area (Å²) in [4.78, 5) is 0. The van der Waals surface area contributed by atoms with E-state index in [1.54, 1.807) is 11.8 Å². The minimum absolute atomic E-state index is 0.539. The second kappa shape index (κ2) is 4.58. The smallest absolute Gasteiger partial charge is 0.221 e. The van der Waals surface area contributed by atoms with Crippen LogP contribution >= 0.6 is 0 Å². The first kappa shape index (κ1) is 11.7. The van der Waals surface area contributed by atoms with Gasteiger partial charge in [0, 0.05) is 19.5 Å². The van der Waals surface area contributed by atoms with Gasteiger partial charge in [0.25, 0.3) is 0 Å². The molecule has 2 N–H and O–H groups in total. The fourth-order valence-electron chi connectivity index (χ4n) is 1.86. The van der Waals surface area contributed by atoms with Crippen molar-refractivity contribution in [1.29, 1.82) is 0 Å². The van der Waals surface area contributed by atoms with Gasteiger partial charge in [0.05, 0.1) is 18.4 Å². The third-order valence-electron chi connectivity index (χ3n) is 2.57. The summed E-state index contributed by atoms with van der Waals surface area (Å²) in [6, 6.07) is 1.87. The van der Waals surface area contributed by atoms with Crippen LogP contribution in [0.4, 0.5) is 0 Å². The molecule has 6 heteroatoms. The van der Waals surface area contributed by atoms with Gasteiger partial charge in [-0.15, -0.1) is 0 Å². The van der Waals surface area contributed by atoms with E-state index in [-0.39, 0.29) is 0 Å². The van der Waals surface area contributed by atoms with Gasteiger partial charge in [0.2, 0.25) is 5.88 Å². The Hall–Kier alpha value is -1.82. The van der Waals surface area contributed by atoms with E-state index in [4.69, 9.17) is 15.0 Å². The summed E-state index contributed by atoms with van der Waals surface area (Å²) in [6.07, 6.45) is 0.675. The van der Waals surface area contributed by atoms with Gasteiger partial charge in [-0.1, -0.05) is 5.16 Å². The lowest BCUT2D eigenvalue weighted by molar-refractivity contribution is 0.372. The number of rotatable bonds is 4. The highest BCUT2D eigenvalue weighted by atomic mass is 16.5. The molecule has 0 aliphatic heterocycles. The summed E-state index contributed by atoms with van der Waals surface area (Å²) < 4.78 is 12.2. The molecule has 0 aliphatic rings. The largest absolute Gasteiger partial charge is 0.481 e. The van der Waals surface area contributed by atoms with Crippen LogP contribution in [0.3, 0.4) is 0 Å². The molecule has 0 spiro atoms. The van der Waals surface area contributed by atoms with Gasteiger partial charge in [-0.25, -0.2) is 4.68 Å². The van der Waals surface area contributed by atoms with Gasteiger partial charge in [-0.05, 0) is 13.5 Å². The average Bonchev–Trinajstić information content (AvgIpc) is 2.83. The van der Waals surface area contributed by atoms with E-state index in [9.17, 15) is 0 Å². The van der Waals surface area contributed by atoms with Crippen molar-refractivity contribution < 1.29 is 9.26 Å². The molecule has 2 aromatic heterocycles. The summed E-state index contributed by atoms with van der Waals surface area (Å²) in [5.74, 6) is 1.45. The summed E-state index contributed by atoms with van der Waals surface area (Å²) in [7, 11) is 3.44. The molecule has 0 atom stereocenters. The van der Waals surface area contributed by atoms with Crippen molar-refractivity contribution in [1.82, 2.24) is 14.9 Å². The number of hydrogen-bond donors (Lipinski definition) is 1. The maximum absolute atomic E-state index is 5.47. The molecule has 0 amide bonds. The number of nitrogens with two attached hydrogens (primary N) is 1. The van der Waals surface area contributed by atoms with E-state index >= 15 is 0 Å². The fraction of sp³-hybridized carbons (Fsp3) is 0.455. The maximum Gasteiger partial charge on any atom is 0.221 e. The molecule has 0 fully saturated rings. The number of aromatic nitrogens is 3. The topological polar surface area (TPSA) is 79.1 Å². The minimum atomic E-state index is 0.539. The molecule has 2 aromatic rings.